The van der Waals surface area contributed by atoms with Crippen LogP contribution in [0.3, 0.4) is 0 Å². The van der Waals surface area contributed by atoms with Crippen molar-refractivity contribution in [3.05, 3.63) is 69.2 Å². The zero-order valence-electron chi connectivity index (χ0n) is 10.9. The summed E-state index contributed by atoms with van der Waals surface area (Å²) >= 11 is 12.3. The number of halogens is 2. The summed E-state index contributed by atoms with van der Waals surface area (Å²) in [6.45, 7) is 2.67. The monoisotopic (exact) mass is 293 g/mol. The van der Waals surface area contributed by atoms with Crippen molar-refractivity contribution in [3.8, 4) is 0 Å². The smallest absolute Gasteiger partial charge is 0.0624 e. The van der Waals surface area contributed by atoms with Gasteiger partial charge in [0.05, 0.1) is 10.0 Å². The molecular weight excluding hydrogens is 277 g/mol. The van der Waals surface area contributed by atoms with Crippen molar-refractivity contribution in [2.24, 2.45) is 5.73 Å². The summed E-state index contributed by atoms with van der Waals surface area (Å²) in [6, 6.07) is 14.2. The van der Waals surface area contributed by atoms with Gasteiger partial charge in [-0.2, -0.15) is 0 Å². The van der Waals surface area contributed by atoms with Crippen LogP contribution in [0.15, 0.2) is 42.5 Å². The molecule has 2 rings (SSSR count). The van der Waals surface area contributed by atoms with Crippen LogP contribution >= 0.6 is 23.2 Å². The third-order valence-electron chi connectivity index (χ3n) is 3.33. The normalized spacial score (nSPS) is 12.4. The van der Waals surface area contributed by atoms with Crippen molar-refractivity contribution in [2.45, 2.75) is 19.3 Å². The molecule has 0 saturated carbocycles. The molecule has 0 bridgehead atoms. The third kappa shape index (κ3) is 3.50. The van der Waals surface area contributed by atoms with Crippen molar-refractivity contribution in [3.63, 3.8) is 0 Å². The van der Waals surface area contributed by atoms with Gasteiger partial charge in [0.15, 0.2) is 0 Å². The second-order valence-corrected chi connectivity index (χ2v) is 5.55. The van der Waals surface area contributed by atoms with E-state index < -0.39 is 0 Å². The molecule has 2 N–H and O–H groups in total. The van der Waals surface area contributed by atoms with Crippen LogP contribution in [0.1, 0.15) is 22.6 Å². The quantitative estimate of drug-likeness (QED) is 0.877. The van der Waals surface area contributed by atoms with E-state index in [0.29, 0.717) is 16.6 Å². The van der Waals surface area contributed by atoms with E-state index in [0.717, 1.165) is 12.0 Å². The molecule has 0 fully saturated rings. The fraction of sp³-hybridized carbons (Fsp3) is 0.250. The van der Waals surface area contributed by atoms with Gasteiger partial charge < -0.3 is 5.73 Å². The van der Waals surface area contributed by atoms with Gasteiger partial charge in [-0.05, 0) is 37.1 Å². The van der Waals surface area contributed by atoms with Crippen LogP contribution in [-0.4, -0.2) is 6.54 Å². The lowest BCUT2D eigenvalue weighted by Crippen LogP contribution is -2.15. The van der Waals surface area contributed by atoms with E-state index in [1.165, 1.54) is 11.1 Å². The number of benzene rings is 2. The van der Waals surface area contributed by atoms with E-state index in [2.05, 4.69) is 31.2 Å². The van der Waals surface area contributed by atoms with E-state index in [4.69, 9.17) is 28.9 Å². The molecule has 2 aromatic carbocycles. The molecule has 0 heterocycles. The number of hydrogen-bond acceptors (Lipinski definition) is 1. The minimum atomic E-state index is 0.261. The van der Waals surface area contributed by atoms with Gasteiger partial charge in [0.2, 0.25) is 0 Å². The first-order chi connectivity index (χ1) is 9.11. The fourth-order valence-corrected chi connectivity index (χ4v) is 2.54. The molecular formula is C16H17Cl2N. The maximum absolute atomic E-state index is 6.23. The van der Waals surface area contributed by atoms with Gasteiger partial charge in [-0.25, -0.2) is 0 Å². The maximum atomic E-state index is 6.23. The Morgan fingerprint density at radius 1 is 1.05 bits per heavy atom. The summed E-state index contributed by atoms with van der Waals surface area (Å²) in [5.41, 5.74) is 9.44. The van der Waals surface area contributed by atoms with Gasteiger partial charge in [-0.15, -0.1) is 0 Å². The Kier molecular flexibility index (Phi) is 4.87. The van der Waals surface area contributed by atoms with Gasteiger partial charge in [0.25, 0.3) is 0 Å². The Morgan fingerprint density at radius 3 is 2.37 bits per heavy atom. The SMILES string of the molecule is Cc1ccc(C(CN)Cc2cccc(Cl)c2Cl)cc1. The molecule has 100 valence electrons. The van der Waals surface area contributed by atoms with Crippen LogP contribution in [0.5, 0.6) is 0 Å². The van der Waals surface area contributed by atoms with Crippen LogP contribution in [0, 0.1) is 6.92 Å². The average Bonchev–Trinajstić information content (AvgIpc) is 2.42. The summed E-state index contributed by atoms with van der Waals surface area (Å²) in [5, 5.41) is 1.23. The second kappa shape index (κ2) is 6.42. The molecule has 1 atom stereocenters. The zero-order chi connectivity index (χ0) is 13.8. The third-order valence-corrected chi connectivity index (χ3v) is 4.19. The molecule has 1 unspecified atom stereocenters. The Morgan fingerprint density at radius 2 is 1.74 bits per heavy atom. The highest BCUT2D eigenvalue weighted by molar-refractivity contribution is 6.42. The van der Waals surface area contributed by atoms with Crippen LogP contribution in [0.2, 0.25) is 10.0 Å². The molecule has 0 aliphatic carbocycles. The topological polar surface area (TPSA) is 26.0 Å². The maximum Gasteiger partial charge on any atom is 0.0624 e. The summed E-state index contributed by atoms with van der Waals surface area (Å²) < 4.78 is 0. The lowest BCUT2D eigenvalue weighted by atomic mass is 9.91. The Balaban J connectivity index is 2.24. The number of nitrogens with two attached hydrogens (primary N) is 1. The molecule has 0 spiro atoms. The molecule has 3 heteroatoms. The van der Waals surface area contributed by atoms with Crippen LogP contribution in [-0.2, 0) is 6.42 Å². The molecule has 0 amide bonds. The number of hydrogen-bond donors (Lipinski definition) is 1. The van der Waals surface area contributed by atoms with Crippen LogP contribution in [0.25, 0.3) is 0 Å². The molecule has 1 nitrogen and oxygen atoms in total. The minimum absolute atomic E-state index is 0.261. The van der Waals surface area contributed by atoms with E-state index >= 15 is 0 Å². The van der Waals surface area contributed by atoms with E-state index in [1.54, 1.807) is 6.07 Å². The van der Waals surface area contributed by atoms with Crippen molar-refractivity contribution < 1.29 is 0 Å². The predicted molar refractivity (Wildman–Crippen MR) is 83.1 cm³/mol. The summed E-state index contributed by atoms with van der Waals surface area (Å²) in [5.74, 6) is 0.261. The van der Waals surface area contributed by atoms with Crippen LogP contribution in [0.4, 0.5) is 0 Å². The molecule has 19 heavy (non-hydrogen) atoms. The highest BCUT2D eigenvalue weighted by atomic mass is 35.5. The molecule has 2 aromatic rings. The Labute approximate surface area is 124 Å². The first kappa shape index (κ1) is 14.4. The van der Waals surface area contributed by atoms with E-state index in [9.17, 15) is 0 Å². The highest BCUT2D eigenvalue weighted by Gasteiger charge is 2.13. The zero-order valence-corrected chi connectivity index (χ0v) is 12.4. The minimum Gasteiger partial charge on any atom is -0.330 e. The van der Waals surface area contributed by atoms with Crippen molar-refractivity contribution in [2.75, 3.05) is 6.54 Å². The largest absolute Gasteiger partial charge is 0.330 e. The van der Waals surface area contributed by atoms with Crippen LogP contribution < -0.4 is 5.73 Å². The molecule has 0 aromatic heterocycles. The van der Waals surface area contributed by atoms with Gasteiger partial charge >= 0.3 is 0 Å². The lowest BCUT2D eigenvalue weighted by molar-refractivity contribution is 0.694. The molecule has 0 aliphatic rings. The first-order valence-electron chi connectivity index (χ1n) is 6.31. The summed E-state index contributed by atoms with van der Waals surface area (Å²) in [7, 11) is 0. The Bertz CT molecular complexity index is 549. The highest BCUT2D eigenvalue weighted by Crippen LogP contribution is 2.29. The first-order valence-corrected chi connectivity index (χ1v) is 7.07. The van der Waals surface area contributed by atoms with E-state index in [-0.39, 0.29) is 5.92 Å². The van der Waals surface area contributed by atoms with Crippen molar-refractivity contribution in [1.29, 1.82) is 0 Å². The molecule has 0 radical (unpaired) electrons. The summed E-state index contributed by atoms with van der Waals surface area (Å²) in [6.07, 6.45) is 0.805. The fourth-order valence-electron chi connectivity index (χ4n) is 2.15. The van der Waals surface area contributed by atoms with Crippen molar-refractivity contribution >= 4 is 23.2 Å². The second-order valence-electron chi connectivity index (χ2n) is 4.76. The lowest BCUT2D eigenvalue weighted by Gasteiger charge is -2.17. The number of rotatable bonds is 4. The number of aryl methyl sites for hydroxylation is 1. The van der Waals surface area contributed by atoms with Crippen molar-refractivity contribution in [1.82, 2.24) is 0 Å². The van der Waals surface area contributed by atoms with Gasteiger partial charge in [-0.1, -0.05) is 65.2 Å². The standard InChI is InChI=1S/C16H17Cl2N/c1-11-5-7-12(8-6-11)14(10-19)9-13-3-2-4-15(17)16(13)18/h2-8,14H,9-10,19H2,1H3. The van der Waals surface area contributed by atoms with E-state index in [1.807, 2.05) is 12.1 Å². The predicted octanol–water partition coefficient (Wildman–Crippen LogP) is 4.59. The van der Waals surface area contributed by atoms with Gasteiger partial charge in [0, 0.05) is 5.92 Å². The molecule has 0 saturated heterocycles. The Hall–Kier alpha value is -1.02. The van der Waals surface area contributed by atoms with Gasteiger partial charge in [0.1, 0.15) is 0 Å². The average molecular weight is 294 g/mol. The molecule has 0 aliphatic heterocycles. The summed E-state index contributed by atoms with van der Waals surface area (Å²) in [4.78, 5) is 0. The van der Waals surface area contributed by atoms with Gasteiger partial charge in [-0.3, -0.25) is 0 Å².